The molecule has 0 bridgehead atoms. The Labute approximate surface area is 121 Å². The number of carbonyl (C=O) groups excluding carboxylic acids is 2. The van der Waals surface area contributed by atoms with Crippen LogP contribution in [0.5, 0.6) is 0 Å². The topological polar surface area (TPSA) is 67.9 Å². The lowest BCUT2D eigenvalue weighted by Crippen LogP contribution is -2.52. The molecular formula is C14H17FN2O4. The van der Waals surface area contributed by atoms with Crippen molar-refractivity contribution in [3.63, 3.8) is 0 Å². The Bertz CT molecular complexity index is 523. The fourth-order valence-corrected chi connectivity index (χ4v) is 2.12. The first-order chi connectivity index (χ1) is 10.1. The van der Waals surface area contributed by atoms with Gasteiger partial charge in [-0.05, 0) is 12.1 Å². The zero-order valence-corrected chi connectivity index (χ0v) is 11.7. The van der Waals surface area contributed by atoms with Crippen LogP contribution in [0.1, 0.15) is 0 Å². The zero-order valence-electron chi connectivity index (χ0n) is 11.7. The van der Waals surface area contributed by atoms with Crippen LogP contribution in [0.2, 0.25) is 0 Å². The maximum Gasteiger partial charge on any atom is 0.325 e. The van der Waals surface area contributed by atoms with Crippen LogP contribution >= 0.6 is 0 Å². The highest BCUT2D eigenvalue weighted by Gasteiger charge is 2.31. The average Bonchev–Trinajstić information content (AvgIpc) is 2.49. The fraction of sp³-hybridized carbons (Fsp3) is 0.429. The number of amides is 1. The summed E-state index contributed by atoms with van der Waals surface area (Å²) in [5.74, 6) is -1.35. The number of benzene rings is 1. The number of nitrogens with zero attached hydrogens (tertiary/aromatic N) is 1. The van der Waals surface area contributed by atoms with Crippen molar-refractivity contribution in [2.45, 2.75) is 6.04 Å². The quantitative estimate of drug-likeness (QED) is 0.826. The Balaban J connectivity index is 1.97. The SMILES string of the molecule is COC(=O)C1COCCN1CC(=O)Nc1ccccc1F. The molecule has 0 saturated carbocycles. The van der Waals surface area contributed by atoms with Crippen molar-refractivity contribution in [1.29, 1.82) is 0 Å². The highest BCUT2D eigenvalue weighted by atomic mass is 19.1. The van der Waals surface area contributed by atoms with Crippen molar-refractivity contribution in [1.82, 2.24) is 4.90 Å². The van der Waals surface area contributed by atoms with Gasteiger partial charge in [0.15, 0.2) is 0 Å². The minimum Gasteiger partial charge on any atom is -0.468 e. The summed E-state index contributed by atoms with van der Waals surface area (Å²) < 4.78 is 23.4. The van der Waals surface area contributed by atoms with Gasteiger partial charge >= 0.3 is 5.97 Å². The van der Waals surface area contributed by atoms with E-state index in [0.29, 0.717) is 13.2 Å². The summed E-state index contributed by atoms with van der Waals surface area (Å²) in [6.45, 7) is 1.02. The number of ether oxygens (including phenoxy) is 2. The van der Waals surface area contributed by atoms with Gasteiger partial charge in [-0.3, -0.25) is 14.5 Å². The molecule has 21 heavy (non-hydrogen) atoms. The molecule has 1 N–H and O–H groups in total. The number of morpholine rings is 1. The van der Waals surface area contributed by atoms with Crippen LogP contribution in [0.25, 0.3) is 0 Å². The first-order valence-corrected chi connectivity index (χ1v) is 6.56. The van der Waals surface area contributed by atoms with Crippen LogP contribution < -0.4 is 5.32 Å². The predicted molar refractivity (Wildman–Crippen MR) is 73.2 cm³/mol. The van der Waals surface area contributed by atoms with E-state index in [1.165, 1.54) is 19.2 Å². The molecule has 1 aliphatic rings. The van der Waals surface area contributed by atoms with Crippen molar-refractivity contribution < 1.29 is 23.5 Å². The molecule has 1 amide bonds. The number of para-hydroxylation sites is 1. The summed E-state index contributed by atoms with van der Waals surface area (Å²) in [6.07, 6.45) is 0. The van der Waals surface area contributed by atoms with Crippen LogP contribution in [0.4, 0.5) is 10.1 Å². The normalized spacial score (nSPS) is 19.0. The van der Waals surface area contributed by atoms with E-state index in [9.17, 15) is 14.0 Å². The molecule has 7 heteroatoms. The molecule has 1 heterocycles. The Morgan fingerprint density at radius 2 is 2.24 bits per heavy atom. The smallest absolute Gasteiger partial charge is 0.325 e. The van der Waals surface area contributed by atoms with Crippen molar-refractivity contribution in [3.05, 3.63) is 30.1 Å². The third-order valence-electron chi connectivity index (χ3n) is 3.21. The van der Waals surface area contributed by atoms with Crippen LogP contribution in [-0.2, 0) is 19.1 Å². The molecule has 2 rings (SSSR count). The van der Waals surface area contributed by atoms with Gasteiger partial charge in [0, 0.05) is 6.54 Å². The van der Waals surface area contributed by atoms with Crippen molar-refractivity contribution >= 4 is 17.6 Å². The number of halogens is 1. The van der Waals surface area contributed by atoms with Crippen LogP contribution in [-0.4, -0.2) is 56.2 Å². The monoisotopic (exact) mass is 296 g/mol. The summed E-state index contributed by atoms with van der Waals surface area (Å²) in [7, 11) is 1.29. The molecule has 0 spiro atoms. The van der Waals surface area contributed by atoms with Crippen LogP contribution in [0.15, 0.2) is 24.3 Å². The minimum atomic E-state index is -0.616. The molecule has 1 saturated heterocycles. The lowest BCUT2D eigenvalue weighted by Gasteiger charge is -2.32. The number of hydrogen-bond acceptors (Lipinski definition) is 5. The van der Waals surface area contributed by atoms with Crippen molar-refractivity contribution in [2.24, 2.45) is 0 Å². The molecule has 0 radical (unpaired) electrons. The van der Waals surface area contributed by atoms with Gasteiger partial charge in [-0.15, -0.1) is 0 Å². The second-order valence-corrected chi connectivity index (χ2v) is 4.61. The third kappa shape index (κ3) is 3.99. The lowest BCUT2D eigenvalue weighted by molar-refractivity contribution is -0.153. The number of rotatable bonds is 4. The molecule has 0 aliphatic carbocycles. The molecule has 1 aliphatic heterocycles. The van der Waals surface area contributed by atoms with Crippen LogP contribution in [0, 0.1) is 5.82 Å². The second-order valence-electron chi connectivity index (χ2n) is 4.61. The van der Waals surface area contributed by atoms with Gasteiger partial charge in [-0.1, -0.05) is 12.1 Å². The Morgan fingerprint density at radius 1 is 1.48 bits per heavy atom. The predicted octanol–water partition coefficient (Wildman–Crippen LogP) is 0.638. The van der Waals surface area contributed by atoms with E-state index in [2.05, 4.69) is 10.1 Å². The summed E-state index contributed by atoms with van der Waals surface area (Å²) in [5, 5.41) is 2.49. The number of esters is 1. The molecular weight excluding hydrogens is 279 g/mol. The van der Waals surface area contributed by atoms with Gasteiger partial charge in [0.1, 0.15) is 11.9 Å². The van der Waals surface area contributed by atoms with E-state index >= 15 is 0 Å². The van der Waals surface area contributed by atoms with Gasteiger partial charge in [0.25, 0.3) is 0 Å². The Morgan fingerprint density at radius 3 is 2.95 bits per heavy atom. The maximum atomic E-state index is 13.5. The highest BCUT2D eigenvalue weighted by Crippen LogP contribution is 2.13. The number of hydrogen-bond donors (Lipinski definition) is 1. The lowest BCUT2D eigenvalue weighted by atomic mass is 10.2. The van der Waals surface area contributed by atoms with Gasteiger partial charge < -0.3 is 14.8 Å². The van der Waals surface area contributed by atoms with E-state index < -0.39 is 23.7 Å². The first kappa shape index (κ1) is 15.4. The molecule has 1 fully saturated rings. The van der Waals surface area contributed by atoms with Gasteiger partial charge in [0.2, 0.25) is 5.91 Å². The van der Waals surface area contributed by atoms with E-state index in [0.717, 1.165) is 0 Å². The van der Waals surface area contributed by atoms with Gasteiger partial charge in [-0.2, -0.15) is 0 Å². The summed E-state index contributed by atoms with van der Waals surface area (Å²) in [6, 6.07) is 5.30. The number of nitrogens with one attached hydrogen (secondary N) is 1. The van der Waals surface area contributed by atoms with Gasteiger partial charge in [0.05, 0.1) is 32.6 Å². The molecule has 1 atom stereocenters. The number of carbonyl (C=O) groups is 2. The third-order valence-corrected chi connectivity index (χ3v) is 3.21. The molecule has 1 unspecified atom stereocenters. The van der Waals surface area contributed by atoms with Crippen LogP contribution in [0.3, 0.4) is 0 Å². The Hall–Kier alpha value is -1.99. The summed E-state index contributed by atoms with van der Waals surface area (Å²) >= 11 is 0. The largest absolute Gasteiger partial charge is 0.468 e. The molecule has 6 nitrogen and oxygen atoms in total. The van der Waals surface area contributed by atoms with Crippen molar-refractivity contribution in [2.75, 3.05) is 38.7 Å². The van der Waals surface area contributed by atoms with Gasteiger partial charge in [-0.25, -0.2) is 4.39 Å². The number of methoxy groups -OCH3 is 1. The molecule has 114 valence electrons. The average molecular weight is 296 g/mol. The zero-order chi connectivity index (χ0) is 15.2. The van der Waals surface area contributed by atoms with E-state index in [1.807, 2.05) is 0 Å². The molecule has 1 aromatic carbocycles. The summed E-state index contributed by atoms with van der Waals surface area (Å²) in [4.78, 5) is 25.3. The van der Waals surface area contributed by atoms with E-state index in [4.69, 9.17) is 4.74 Å². The van der Waals surface area contributed by atoms with E-state index in [-0.39, 0.29) is 18.8 Å². The Kier molecular flexibility index (Phi) is 5.24. The van der Waals surface area contributed by atoms with Crippen molar-refractivity contribution in [3.8, 4) is 0 Å². The van der Waals surface area contributed by atoms with E-state index in [1.54, 1.807) is 17.0 Å². The highest BCUT2D eigenvalue weighted by molar-refractivity contribution is 5.92. The molecule has 1 aromatic rings. The minimum absolute atomic E-state index is 0.0303. The fourth-order valence-electron chi connectivity index (χ4n) is 2.12. The first-order valence-electron chi connectivity index (χ1n) is 6.56. The standard InChI is InChI=1S/C14H17FN2O4/c1-20-14(19)12-9-21-7-6-17(12)8-13(18)16-11-5-3-2-4-10(11)15/h2-5,12H,6-9H2,1H3,(H,16,18). The molecule has 0 aromatic heterocycles. The second kappa shape index (κ2) is 7.14. The summed E-state index contributed by atoms with van der Waals surface area (Å²) in [5.41, 5.74) is 0.116. The number of anilines is 1. The maximum absolute atomic E-state index is 13.5.